The van der Waals surface area contributed by atoms with E-state index in [-0.39, 0.29) is 5.78 Å². The lowest BCUT2D eigenvalue weighted by atomic mass is 10.1. The highest BCUT2D eigenvalue weighted by molar-refractivity contribution is 5.92. The maximum absolute atomic E-state index is 11.5. The summed E-state index contributed by atoms with van der Waals surface area (Å²) in [5, 5.41) is 0. The first kappa shape index (κ1) is 9.87. The summed E-state index contributed by atoms with van der Waals surface area (Å²) in [6.45, 7) is 2.64. The third-order valence-corrected chi connectivity index (χ3v) is 3.86. The average molecular weight is 220 g/mol. The zero-order chi connectivity index (χ0) is 11.1. The molecule has 0 saturated carbocycles. The van der Waals surface area contributed by atoms with Crippen molar-refractivity contribution in [2.24, 2.45) is 0 Å². The van der Waals surface area contributed by atoms with Crippen LogP contribution in [-0.4, -0.2) is 47.2 Å². The fourth-order valence-corrected chi connectivity index (χ4v) is 2.96. The minimum Gasteiger partial charge on any atom is -0.371 e. The van der Waals surface area contributed by atoms with Crippen LogP contribution in [0.1, 0.15) is 25.7 Å². The number of piperazine rings is 1. The summed E-state index contributed by atoms with van der Waals surface area (Å²) in [6.07, 6.45) is 5.03. The third kappa shape index (κ3) is 1.52. The molecule has 2 heterocycles. The minimum absolute atomic E-state index is 0.250. The van der Waals surface area contributed by atoms with E-state index in [1.54, 1.807) is 6.08 Å². The number of carbonyl (C=O) groups is 2. The van der Waals surface area contributed by atoms with E-state index in [2.05, 4.69) is 4.90 Å². The number of fused-ring (bicyclic) bond motifs is 1. The lowest BCUT2D eigenvalue weighted by Gasteiger charge is -2.39. The quantitative estimate of drug-likeness (QED) is 0.647. The van der Waals surface area contributed by atoms with Crippen LogP contribution in [0.5, 0.6) is 0 Å². The molecule has 1 aliphatic carbocycles. The lowest BCUT2D eigenvalue weighted by molar-refractivity contribution is -0.130. The minimum atomic E-state index is 0.250. The highest BCUT2D eigenvalue weighted by atomic mass is 16.2. The molecular weight excluding hydrogens is 204 g/mol. The van der Waals surface area contributed by atoms with Gasteiger partial charge in [-0.05, 0) is 12.8 Å². The summed E-state index contributed by atoms with van der Waals surface area (Å²) in [6, 6.07) is 0.387. The Morgan fingerprint density at radius 2 is 2.00 bits per heavy atom. The summed E-state index contributed by atoms with van der Waals surface area (Å²) < 4.78 is 0. The Labute approximate surface area is 94.9 Å². The molecule has 0 aromatic heterocycles. The van der Waals surface area contributed by atoms with Gasteiger partial charge in [-0.25, -0.2) is 0 Å². The van der Waals surface area contributed by atoms with E-state index >= 15 is 0 Å². The van der Waals surface area contributed by atoms with Gasteiger partial charge < -0.3 is 9.80 Å². The molecule has 4 nitrogen and oxygen atoms in total. The van der Waals surface area contributed by atoms with E-state index in [1.165, 1.54) is 5.70 Å². The van der Waals surface area contributed by atoms with Gasteiger partial charge in [-0.15, -0.1) is 0 Å². The predicted octanol–water partition coefficient (Wildman–Crippen LogP) is 0.540. The van der Waals surface area contributed by atoms with Crippen molar-refractivity contribution in [1.82, 2.24) is 9.80 Å². The van der Waals surface area contributed by atoms with E-state index in [0.717, 1.165) is 32.5 Å². The molecule has 2 fully saturated rings. The van der Waals surface area contributed by atoms with Crippen LogP contribution in [0.3, 0.4) is 0 Å². The topological polar surface area (TPSA) is 40.6 Å². The van der Waals surface area contributed by atoms with Crippen LogP contribution >= 0.6 is 0 Å². The van der Waals surface area contributed by atoms with Gasteiger partial charge >= 0.3 is 0 Å². The number of hydrogen-bond donors (Lipinski definition) is 0. The van der Waals surface area contributed by atoms with Crippen molar-refractivity contribution in [3.8, 4) is 0 Å². The van der Waals surface area contributed by atoms with Gasteiger partial charge in [0.05, 0.1) is 0 Å². The second-order valence-corrected chi connectivity index (χ2v) is 4.83. The molecule has 2 aliphatic heterocycles. The number of allylic oxidation sites excluding steroid dienone is 2. The summed E-state index contributed by atoms with van der Waals surface area (Å²) in [7, 11) is 0. The van der Waals surface area contributed by atoms with E-state index in [0.29, 0.717) is 24.8 Å². The van der Waals surface area contributed by atoms with Crippen molar-refractivity contribution >= 4 is 11.7 Å². The second kappa shape index (κ2) is 3.61. The van der Waals surface area contributed by atoms with Gasteiger partial charge in [-0.1, -0.05) is 0 Å². The Morgan fingerprint density at radius 3 is 2.75 bits per heavy atom. The first-order valence-electron chi connectivity index (χ1n) is 6.02. The monoisotopic (exact) mass is 220 g/mol. The van der Waals surface area contributed by atoms with Gasteiger partial charge in [0.2, 0.25) is 5.91 Å². The maximum Gasteiger partial charge on any atom is 0.223 e. The van der Waals surface area contributed by atoms with Crippen LogP contribution in [0, 0.1) is 0 Å². The lowest BCUT2D eigenvalue weighted by Crippen LogP contribution is -2.50. The fourth-order valence-electron chi connectivity index (χ4n) is 2.96. The van der Waals surface area contributed by atoms with E-state index in [9.17, 15) is 9.59 Å². The highest BCUT2D eigenvalue weighted by Crippen LogP contribution is 2.27. The zero-order valence-corrected chi connectivity index (χ0v) is 9.32. The standard InChI is InChI=1S/C12H16N2O2/c15-11-3-1-9(7-11)13-5-6-14-10(8-13)2-4-12(14)16/h7,10H,1-6,8H2. The number of nitrogens with zero attached hydrogens (tertiary/aromatic N) is 2. The molecule has 3 rings (SSSR count). The molecule has 0 spiro atoms. The summed E-state index contributed by atoms with van der Waals surface area (Å²) in [5.74, 6) is 0.557. The molecule has 0 bridgehead atoms. The molecule has 3 aliphatic rings. The molecule has 0 radical (unpaired) electrons. The van der Waals surface area contributed by atoms with Crippen LogP contribution < -0.4 is 0 Å². The molecule has 1 amide bonds. The first-order chi connectivity index (χ1) is 7.74. The van der Waals surface area contributed by atoms with Crippen LogP contribution in [-0.2, 0) is 9.59 Å². The largest absolute Gasteiger partial charge is 0.371 e. The van der Waals surface area contributed by atoms with E-state index in [1.807, 2.05) is 4.90 Å². The molecule has 0 aromatic carbocycles. The van der Waals surface area contributed by atoms with E-state index in [4.69, 9.17) is 0 Å². The SMILES string of the molecule is O=C1C=C(N2CCN3C(=O)CCC3C2)CC1. The smallest absolute Gasteiger partial charge is 0.223 e. The predicted molar refractivity (Wildman–Crippen MR) is 58.6 cm³/mol. The Morgan fingerprint density at radius 1 is 1.12 bits per heavy atom. The Kier molecular flexibility index (Phi) is 2.23. The van der Waals surface area contributed by atoms with E-state index < -0.39 is 0 Å². The van der Waals surface area contributed by atoms with Crippen molar-refractivity contribution in [2.45, 2.75) is 31.7 Å². The number of ketones is 1. The normalized spacial score (nSPS) is 29.8. The fraction of sp³-hybridized carbons (Fsp3) is 0.667. The molecule has 0 N–H and O–H groups in total. The Bertz CT molecular complexity index is 375. The molecule has 0 aromatic rings. The molecular formula is C12H16N2O2. The number of rotatable bonds is 1. The molecule has 1 atom stereocenters. The van der Waals surface area contributed by atoms with Crippen LogP contribution in [0.25, 0.3) is 0 Å². The van der Waals surface area contributed by atoms with Crippen molar-refractivity contribution < 1.29 is 9.59 Å². The van der Waals surface area contributed by atoms with Crippen molar-refractivity contribution in [2.75, 3.05) is 19.6 Å². The van der Waals surface area contributed by atoms with Gasteiger partial charge in [0.1, 0.15) is 0 Å². The van der Waals surface area contributed by atoms with Crippen LogP contribution in [0.4, 0.5) is 0 Å². The molecule has 4 heteroatoms. The molecule has 1 unspecified atom stereocenters. The summed E-state index contributed by atoms with van der Waals surface area (Å²) in [5.41, 5.74) is 1.18. The van der Waals surface area contributed by atoms with Gasteiger partial charge in [-0.2, -0.15) is 0 Å². The molecule has 16 heavy (non-hydrogen) atoms. The molecule has 2 saturated heterocycles. The first-order valence-corrected chi connectivity index (χ1v) is 6.02. The van der Waals surface area contributed by atoms with Crippen LogP contribution in [0.2, 0.25) is 0 Å². The Balaban J connectivity index is 1.70. The van der Waals surface area contributed by atoms with Crippen molar-refractivity contribution in [1.29, 1.82) is 0 Å². The number of hydrogen-bond acceptors (Lipinski definition) is 3. The van der Waals surface area contributed by atoms with Gasteiger partial charge in [0.15, 0.2) is 5.78 Å². The summed E-state index contributed by atoms with van der Waals surface area (Å²) in [4.78, 5) is 27.0. The van der Waals surface area contributed by atoms with Crippen molar-refractivity contribution in [3.05, 3.63) is 11.8 Å². The Hall–Kier alpha value is -1.32. The van der Waals surface area contributed by atoms with Gasteiger partial charge in [0, 0.05) is 50.3 Å². The maximum atomic E-state index is 11.5. The second-order valence-electron chi connectivity index (χ2n) is 4.83. The number of carbonyl (C=O) groups excluding carboxylic acids is 2. The number of amides is 1. The van der Waals surface area contributed by atoms with Crippen molar-refractivity contribution in [3.63, 3.8) is 0 Å². The third-order valence-electron chi connectivity index (χ3n) is 3.86. The van der Waals surface area contributed by atoms with Gasteiger partial charge in [-0.3, -0.25) is 9.59 Å². The van der Waals surface area contributed by atoms with Gasteiger partial charge in [0.25, 0.3) is 0 Å². The summed E-state index contributed by atoms with van der Waals surface area (Å²) >= 11 is 0. The zero-order valence-electron chi connectivity index (χ0n) is 9.32. The molecule has 86 valence electrons. The highest BCUT2D eigenvalue weighted by Gasteiger charge is 2.36. The van der Waals surface area contributed by atoms with Crippen LogP contribution in [0.15, 0.2) is 11.8 Å². The average Bonchev–Trinajstić information content (AvgIpc) is 2.86.